The van der Waals surface area contributed by atoms with Gasteiger partial charge in [0.15, 0.2) is 6.10 Å². The van der Waals surface area contributed by atoms with Crippen LogP contribution in [0.25, 0.3) is 0 Å². The number of carbonyl (C=O) groups excluding carboxylic acids is 2. The van der Waals surface area contributed by atoms with E-state index in [0.717, 1.165) is 70.6 Å². The maximum absolute atomic E-state index is 12.7. The molecule has 0 aliphatic rings. The van der Waals surface area contributed by atoms with Crippen molar-refractivity contribution in [2.75, 3.05) is 19.8 Å². The van der Waals surface area contributed by atoms with Crippen molar-refractivity contribution in [3.05, 3.63) is 85.1 Å². The van der Waals surface area contributed by atoms with Crippen LogP contribution < -0.4 is 0 Å². The molecule has 5 nitrogen and oxygen atoms in total. The van der Waals surface area contributed by atoms with E-state index in [-0.39, 0.29) is 31.6 Å². The summed E-state index contributed by atoms with van der Waals surface area (Å²) in [7, 11) is 0. The van der Waals surface area contributed by atoms with E-state index < -0.39 is 6.10 Å². The van der Waals surface area contributed by atoms with Crippen molar-refractivity contribution < 1.29 is 23.8 Å². The van der Waals surface area contributed by atoms with Gasteiger partial charge < -0.3 is 14.2 Å². The molecule has 0 aromatic rings. The molecular weight excluding hydrogens is 741 g/mol. The van der Waals surface area contributed by atoms with Crippen LogP contribution in [0.4, 0.5) is 0 Å². The Bertz CT molecular complexity index is 1130. The third-order valence-corrected chi connectivity index (χ3v) is 10.4. The first-order chi connectivity index (χ1) is 29.6. The van der Waals surface area contributed by atoms with Gasteiger partial charge in [0.25, 0.3) is 0 Å². The Morgan fingerprint density at radius 2 is 0.817 bits per heavy atom. The molecule has 344 valence electrons. The molecule has 0 radical (unpaired) electrons. The van der Waals surface area contributed by atoms with Crippen molar-refractivity contribution in [1.29, 1.82) is 0 Å². The summed E-state index contributed by atoms with van der Waals surface area (Å²) in [6.45, 7) is 7.55. The number of unbranched alkanes of at least 4 members (excludes halogenated alkanes) is 21. The van der Waals surface area contributed by atoms with Crippen molar-refractivity contribution in [3.63, 3.8) is 0 Å². The van der Waals surface area contributed by atoms with E-state index >= 15 is 0 Å². The highest BCUT2D eigenvalue weighted by Crippen LogP contribution is 2.13. The monoisotopic (exact) mass is 835 g/mol. The lowest BCUT2D eigenvalue weighted by Crippen LogP contribution is -2.30. The summed E-state index contributed by atoms with van der Waals surface area (Å²) in [5.74, 6) is -0.557. The number of rotatable bonds is 45. The fraction of sp³-hybridized carbons (Fsp3) is 0.709. The van der Waals surface area contributed by atoms with Crippen LogP contribution in [0.15, 0.2) is 85.1 Å². The molecular formula is C55H94O5. The van der Waals surface area contributed by atoms with Gasteiger partial charge in [0.2, 0.25) is 0 Å². The lowest BCUT2D eigenvalue weighted by Gasteiger charge is -2.18. The Hall–Kier alpha value is -2.92. The molecule has 0 N–H and O–H groups in total. The smallest absolute Gasteiger partial charge is 0.309 e. The second-order valence-electron chi connectivity index (χ2n) is 16.3. The number of esters is 2. The van der Waals surface area contributed by atoms with Crippen LogP contribution in [0, 0.1) is 0 Å². The van der Waals surface area contributed by atoms with Crippen molar-refractivity contribution >= 4 is 11.9 Å². The van der Waals surface area contributed by atoms with Gasteiger partial charge in [0.1, 0.15) is 6.61 Å². The van der Waals surface area contributed by atoms with Crippen LogP contribution >= 0.6 is 0 Å². The molecule has 0 spiro atoms. The van der Waals surface area contributed by atoms with Crippen LogP contribution in [0.2, 0.25) is 0 Å². The Kier molecular flexibility index (Phi) is 48.0. The minimum Gasteiger partial charge on any atom is -0.461 e. The zero-order valence-electron chi connectivity index (χ0n) is 39.5. The summed E-state index contributed by atoms with van der Waals surface area (Å²) in [5.41, 5.74) is 0. The Morgan fingerprint density at radius 3 is 1.32 bits per heavy atom. The van der Waals surface area contributed by atoms with E-state index in [1.807, 2.05) is 12.2 Å². The van der Waals surface area contributed by atoms with Crippen molar-refractivity contribution in [2.45, 2.75) is 232 Å². The minimum atomic E-state index is -0.584. The molecule has 60 heavy (non-hydrogen) atoms. The summed E-state index contributed by atoms with van der Waals surface area (Å²) >= 11 is 0. The van der Waals surface area contributed by atoms with Gasteiger partial charge in [-0.05, 0) is 89.9 Å². The van der Waals surface area contributed by atoms with E-state index in [1.165, 1.54) is 122 Å². The van der Waals surface area contributed by atoms with Crippen molar-refractivity contribution in [2.24, 2.45) is 0 Å². The van der Waals surface area contributed by atoms with Crippen LogP contribution in [-0.2, 0) is 23.8 Å². The molecule has 1 atom stereocenters. The first kappa shape index (κ1) is 57.1. The van der Waals surface area contributed by atoms with Crippen molar-refractivity contribution in [1.82, 2.24) is 0 Å². The highest BCUT2D eigenvalue weighted by molar-refractivity contribution is 5.71. The maximum atomic E-state index is 12.7. The van der Waals surface area contributed by atoms with E-state index in [4.69, 9.17) is 14.2 Å². The molecule has 0 aliphatic heterocycles. The molecule has 0 aromatic carbocycles. The molecule has 0 bridgehead atoms. The first-order valence-corrected chi connectivity index (χ1v) is 25.1. The van der Waals surface area contributed by atoms with Gasteiger partial charge in [-0.25, -0.2) is 0 Å². The molecule has 5 heteroatoms. The maximum Gasteiger partial charge on any atom is 0.309 e. The topological polar surface area (TPSA) is 61.8 Å². The van der Waals surface area contributed by atoms with E-state index in [0.29, 0.717) is 13.0 Å². The predicted octanol–water partition coefficient (Wildman–Crippen LogP) is 16.9. The molecule has 0 heterocycles. The third-order valence-electron chi connectivity index (χ3n) is 10.4. The SMILES string of the molecule is CC/C=C\C/C=C\C/C=C\C/C=C\C/C=C\CC(=O)OCC(COCCCCCCCCCC/C=C\CCCCCCCC)OC(=O)CCCCCCC/C=C\CCCC. The Labute approximate surface area is 371 Å². The Morgan fingerprint density at radius 1 is 0.400 bits per heavy atom. The van der Waals surface area contributed by atoms with Gasteiger partial charge >= 0.3 is 11.9 Å². The van der Waals surface area contributed by atoms with E-state index in [1.54, 1.807) is 0 Å². The van der Waals surface area contributed by atoms with Crippen LogP contribution in [0.1, 0.15) is 226 Å². The third kappa shape index (κ3) is 47.8. The number of ether oxygens (including phenoxy) is 3. The molecule has 0 saturated carbocycles. The molecule has 1 unspecified atom stereocenters. The quantitative estimate of drug-likeness (QED) is 0.0347. The number of hydrogen-bond donors (Lipinski definition) is 0. The molecule has 0 aliphatic carbocycles. The zero-order valence-corrected chi connectivity index (χ0v) is 39.5. The summed E-state index contributed by atoms with van der Waals surface area (Å²) in [5, 5.41) is 0. The van der Waals surface area contributed by atoms with Crippen LogP contribution in [-0.4, -0.2) is 37.9 Å². The summed E-state index contributed by atoms with van der Waals surface area (Å²) in [4.78, 5) is 25.3. The summed E-state index contributed by atoms with van der Waals surface area (Å²) in [6, 6.07) is 0. The molecule has 0 fully saturated rings. The fourth-order valence-electron chi connectivity index (χ4n) is 6.68. The van der Waals surface area contributed by atoms with Gasteiger partial charge in [-0.2, -0.15) is 0 Å². The number of allylic oxidation sites excluding steroid dienone is 13. The summed E-state index contributed by atoms with van der Waals surface area (Å²) < 4.78 is 17.3. The normalized spacial score (nSPS) is 12.9. The van der Waals surface area contributed by atoms with E-state index in [9.17, 15) is 9.59 Å². The fourth-order valence-corrected chi connectivity index (χ4v) is 6.68. The van der Waals surface area contributed by atoms with Gasteiger partial charge in [0.05, 0.1) is 13.0 Å². The lowest BCUT2D eigenvalue weighted by molar-refractivity contribution is -0.162. The Balaban J connectivity index is 4.36. The van der Waals surface area contributed by atoms with Gasteiger partial charge in [0, 0.05) is 13.0 Å². The highest BCUT2D eigenvalue weighted by atomic mass is 16.6. The number of hydrogen-bond acceptors (Lipinski definition) is 5. The standard InChI is InChI=1S/C55H94O5/c1-4-7-10-13-16-19-22-24-26-27-28-30-32-35-38-41-44-47-50-58-51-53(60-55(57)49-46-43-40-37-33-21-18-15-12-9-6-3)52-59-54(56)48-45-42-39-36-34-31-29-25-23-20-17-14-11-8-5-2/h8,11,15,17-18,20,24-26,29,34,36,42,45,53H,4-7,9-10,12-14,16,19,21-23,27-28,30-33,35,37-41,43-44,46-52H2,1-3H3/b11-8-,18-15-,20-17-,26-24-,29-25-,36-34-,45-42-. The lowest BCUT2D eigenvalue weighted by atomic mass is 10.1. The number of carbonyl (C=O) groups is 2. The van der Waals surface area contributed by atoms with Crippen LogP contribution in [0.3, 0.4) is 0 Å². The van der Waals surface area contributed by atoms with Gasteiger partial charge in [-0.15, -0.1) is 0 Å². The second-order valence-corrected chi connectivity index (χ2v) is 16.3. The first-order valence-electron chi connectivity index (χ1n) is 25.1. The largest absolute Gasteiger partial charge is 0.461 e. The molecule has 0 saturated heterocycles. The molecule has 0 rings (SSSR count). The second kappa shape index (κ2) is 50.4. The van der Waals surface area contributed by atoms with Crippen molar-refractivity contribution in [3.8, 4) is 0 Å². The van der Waals surface area contributed by atoms with Crippen LogP contribution in [0.5, 0.6) is 0 Å². The zero-order chi connectivity index (χ0) is 43.5. The minimum absolute atomic E-state index is 0.0238. The average Bonchev–Trinajstić information content (AvgIpc) is 3.25. The molecule has 0 amide bonds. The van der Waals surface area contributed by atoms with E-state index in [2.05, 4.69) is 93.7 Å². The van der Waals surface area contributed by atoms with Gasteiger partial charge in [-0.3, -0.25) is 9.59 Å². The van der Waals surface area contributed by atoms with Gasteiger partial charge in [-0.1, -0.05) is 209 Å². The average molecular weight is 835 g/mol. The summed E-state index contributed by atoms with van der Waals surface area (Å²) in [6.07, 6.45) is 66.2. The highest BCUT2D eigenvalue weighted by Gasteiger charge is 2.17. The predicted molar refractivity (Wildman–Crippen MR) is 260 cm³/mol. The molecule has 0 aromatic heterocycles.